The third kappa shape index (κ3) is 2.31. The summed E-state index contributed by atoms with van der Waals surface area (Å²) in [5.41, 5.74) is 0.821. The van der Waals surface area contributed by atoms with Gasteiger partial charge in [-0.25, -0.2) is 4.79 Å². The molecule has 0 aliphatic rings. The molecule has 0 saturated carbocycles. The molecule has 0 atom stereocenters. The van der Waals surface area contributed by atoms with Crippen molar-refractivity contribution in [2.24, 2.45) is 0 Å². The zero-order valence-corrected chi connectivity index (χ0v) is 6.99. The molecule has 0 aliphatic carbocycles. The van der Waals surface area contributed by atoms with E-state index in [1.54, 1.807) is 18.2 Å². The SMILES string of the molecule is [CH2]COC(=O)c1cccc(C#N)c1. The molecule has 1 aromatic rings. The third-order valence-electron chi connectivity index (χ3n) is 1.46. The molecular weight excluding hydrogens is 166 g/mol. The number of carbonyl (C=O) groups is 1. The van der Waals surface area contributed by atoms with Gasteiger partial charge in [-0.05, 0) is 25.1 Å². The van der Waals surface area contributed by atoms with Crippen LogP contribution in [0.1, 0.15) is 15.9 Å². The van der Waals surface area contributed by atoms with Gasteiger partial charge in [-0.3, -0.25) is 0 Å². The van der Waals surface area contributed by atoms with Gasteiger partial charge in [0.2, 0.25) is 0 Å². The van der Waals surface area contributed by atoms with Gasteiger partial charge < -0.3 is 4.74 Å². The molecule has 0 amide bonds. The normalized spacial score (nSPS) is 8.92. The van der Waals surface area contributed by atoms with Crippen molar-refractivity contribution in [1.29, 1.82) is 5.26 Å². The van der Waals surface area contributed by atoms with Gasteiger partial charge in [-0.2, -0.15) is 5.26 Å². The van der Waals surface area contributed by atoms with Crippen molar-refractivity contribution in [2.45, 2.75) is 0 Å². The highest BCUT2D eigenvalue weighted by atomic mass is 16.5. The van der Waals surface area contributed by atoms with Gasteiger partial charge in [0, 0.05) is 0 Å². The van der Waals surface area contributed by atoms with Crippen LogP contribution in [0.3, 0.4) is 0 Å². The van der Waals surface area contributed by atoms with E-state index in [9.17, 15) is 4.79 Å². The van der Waals surface area contributed by atoms with Crippen LogP contribution in [0, 0.1) is 18.3 Å². The first-order chi connectivity index (χ1) is 6.27. The largest absolute Gasteiger partial charge is 0.462 e. The lowest BCUT2D eigenvalue weighted by atomic mass is 10.1. The fourth-order valence-corrected chi connectivity index (χ4v) is 0.892. The molecule has 1 aromatic carbocycles. The Morgan fingerprint density at radius 2 is 2.38 bits per heavy atom. The monoisotopic (exact) mass is 174 g/mol. The minimum atomic E-state index is -0.452. The number of hydrogen-bond acceptors (Lipinski definition) is 3. The fraction of sp³-hybridized carbons (Fsp3) is 0.100. The Labute approximate surface area is 76.6 Å². The highest BCUT2D eigenvalue weighted by Gasteiger charge is 2.05. The van der Waals surface area contributed by atoms with Crippen LogP contribution in [0.2, 0.25) is 0 Å². The van der Waals surface area contributed by atoms with E-state index in [4.69, 9.17) is 5.26 Å². The second-order valence-electron chi connectivity index (χ2n) is 2.33. The molecule has 3 nitrogen and oxygen atoms in total. The minimum absolute atomic E-state index is 0.0929. The van der Waals surface area contributed by atoms with E-state index in [1.165, 1.54) is 6.07 Å². The highest BCUT2D eigenvalue weighted by Crippen LogP contribution is 2.05. The van der Waals surface area contributed by atoms with Crippen LogP contribution in [0.5, 0.6) is 0 Å². The first-order valence-corrected chi connectivity index (χ1v) is 3.74. The summed E-state index contributed by atoms with van der Waals surface area (Å²) in [7, 11) is 0. The van der Waals surface area contributed by atoms with E-state index in [0.29, 0.717) is 11.1 Å². The lowest BCUT2D eigenvalue weighted by molar-refractivity contribution is 0.0547. The minimum Gasteiger partial charge on any atom is -0.462 e. The third-order valence-corrected chi connectivity index (χ3v) is 1.46. The number of rotatable bonds is 2. The number of carbonyl (C=O) groups excluding carboxylic acids is 1. The predicted molar refractivity (Wildman–Crippen MR) is 46.8 cm³/mol. The second kappa shape index (κ2) is 4.27. The second-order valence-corrected chi connectivity index (χ2v) is 2.33. The number of nitrogens with zero attached hydrogens (tertiary/aromatic N) is 1. The van der Waals surface area contributed by atoms with Crippen LogP contribution in [-0.2, 0) is 4.74 Å². The van der Waals surface area contributed by atoms with Crippen molar-refractivity contribution in [2.75, 3.05) is 6.61 Å². The van der Waals surface area contributed by atoms with E-state index < -0.39 is 5.97 Å². The summed E-state index contributed by atoms with van der Waals surface area (Å²) >= 11 is 0. The van der Waals surface area contributed by atoms with Crippen molar-refractivity contribution >= 4 is 5.97 Å². The Kier molecular flexibility index (Phi) is 3.04. The molecule has 0 heterocycles. The molecule has 13 heavy (non-hydrogen) atoms. The van der Waals surface area contributed by atoms with E-state index in [0.717, 1.165) is 0 Å². The standard InChI is InChI=1S/C10H8NO2/c1-2-13-10(12)9-5-3-4-8(6-9)7-11/h3-6H,1-2H2. The Bertz CT molecular complexity index is 352. The molecule has 0 unspecified atom stereocenters. The average molecular weight is 174 g/mol. The number of nitriles is 1. The number of benzene rings is 1. The first-order valence-electron chi connectivity index (χ1n) is 3.74. The summed E-state index contributed by atoms with van der Waals surface area (Å²) in [4.78, 5) is 11.1. The molecule has 1 rings (SSSR count). The van der Waals surface area contributed by atoms with Crippen molar-refractivity contribution < 1.29 is 9.53 Å². The van der Waals surface area contributed by atoms with E-state index in [-0.39, 0.29) is 6.61 Å². The molecule has 0 N–H and O–H groups in total. The van der Waals surface area contributed by atoms with Gasteiger partial charge in [-0.15, -0.1) is 0 Å². The summed E-state index contributed by atoms with van der Waals surface area (Å²) in [6, 6.07) is 8.28. The van der Waals surface area contributed by atoms with Gasteiger partial charge in [0.25, 0.3) is 0 Å². The van der Waals surface area contributed by atoms with Crippen molar-refractivity contribution in [3.8, 4) is 6.07 Å². The molecule has 0 fully saturated rings. The molecule has 65 valence electrons. The van der Waals surface area contributed by atoms with Gasteiger partial charge in [0.05, 0.1) is 23.8 Å². The Balaban J connectivity index is 2.90. The highest BCUT2D eigenvalue weighted by molar-refractivity contribution is 5.89. The topological polar surface area (TPSA) is 50.1 Å². The van der Waals surface area contributed by atoms with Crippen molar-refractivity contribution in [1.82, 2.24) is 0 Å². The summed E-state index contributed by atoms with van der Waals surface area (Å²) in [6.45, 7) is 3.48. The lowest BCUT2D eigenvalue weighted by Gasteiger charge is -2.00. The van der Waals surface area contributed by atoms with E-state index >= 15 is 0 Å². The summed E-state index contributed by atoms with van der Waals surface area (Å²) in [6.07, 6.45) is 0. The van der Waals surface area contributed by atoms with Crippen molar-refractivity contribution in [3.63, 3.8) is 0 Å². The molecule has 0 aromatic heterocycles. The summed E-state index contributed by atoms with van der Waals surface area (Å²) < 4.78 is 4.67. The maximum atomic E-state index is 11.1. The van der Waals surface area contributed by atoms with Crippen molar-refractivity contribution in [3.05, 3.63) is 42.3 Å². The quantitative estimate of drug-likeness (QED) is 0.639. The molecular formula is C10H8NO2. The van der Waals surface area contributed by atoms with Crippen LogP contribution in [0.15, 0.2) is 24.3 Å². The summed E-state index contributed by atoms with van der Waals surface area (Å²) in [5, 5.41) is 8.56. The zero-order valence-electron chi connectivity index (χ0n) is 6.99. The fourth-order valence-electron chi connectivity index (χ4n) is 0.892. The lowest BCUT2D eigenvalue weighted by Crippen LogP contribution is -2.04. The van der Waals surface area contributed by atoms with Crippen LogP contribution in [0.25, 0.3) is 0 Å². The van der Waals surface area contributed by atoms with Gasteiger partial charge in [-0.1, -0.05) is 6.07 Å². The molecule has 0 aliphatic heterocycles. The van der Waals surface area contributed by atoms with Gasteiger partial charge in [0.1, 0.15) is 0 Å². The number of hydrogen-bond donors (Lipinski definition) is 0. The molecule has 1 radical (unpaired) electrons. The van der Waals surface area contributed by atoms with Crippen LogP contribution < -0.4 is 0 Å². The van der Waals surface area contributed by atoms with Crippen LogP contribution in [0.4, 0.5) is 0 Å². The summed E-state index contributed by atoms with van der Waals surface area (Å²) in [5.74, 6) is -0.452. The zero-order chi connectivity index (χ0) is 9.68. The maximum Gasteiger partial charge on any atom is 0.338 e. The van der Waals surface area contributed by atoms with Crippen LogP contribution >= 0.6 is 0 Å². The average Bonchev–Trinajstić information content (AvgIpc) is 2.18. The predicted octanol–water partition coefficient (Wildman–Crippen LogP) is 1.55. The smallest absolute Gasteiger partial charge is 0.338 e. The Hall–Kier alpha value is -1.82. The molecule has 0 bridgehead atoms. The van der Waals surface area contributed by atoms with E-state index in [2.05, 4.69) is 11.7 Å². The Morgan fingerprint density at radius 1 is 1.62 bits per heavy atom. The maximum absolute atomic E-state index is 11.1. The van der Waals surface area contributed by atoms with Gasteiger partial charge >= 0.3 is 5.97 Å². The molecule has 0 spiro atoms. The number of esters is 1. The molecule has 0 saturated heterocycles. The number of ether oxygens (including phenoxy) is 1. The first kappa shape index (κ1) is 9.27. The van der Waals surface area contributed by atoms with Crippen LogP contribution in [-0.4, -0.2) is 12.6 Å². The Morgan fingerprint density at radius 3 is 3.00 bits per heavy atom. The van der Waals surface area contributed by atoms with Gasteiger partial charge in [0.15, 0.2) is 0 Å². The van der Waals surface area contributed by atoms with E-state index in [1.807, 2.05) is 6.07 Å². The molecule has 3 heteroatoms.